The lowest BCUT2D eigenvalue weighted by atomic mass is 12.0. The van der Waals surface area contributed by atoms with Crippen LogP contribution in [0.5, 0.6) is 0 Å². The summed E-state index contributed by atoms with van der Waals surface area (Å²) in [7, 11) is -56.3. The van der Waals surface area contributed by atoms with Crippen molar-refractivity contribution in [2.75, 3.05) is 20.0 Å². The van der Waals surface area contributed by atoms with Crippen LogP contribution in [0.3, 0.4) is 0 Å². The van der Waals surface area contributed by atoms with Crippen LogP contribution in [0.2, 0.25) is 0 Å². The van der Waals surface area contributed by atoms with Crippen LogP contribution in [0, 0.1) is 0 Å². The highest BCUT2D eigenvalue weighted by atomic mass is 31.4. The molecular formula is C3H18NO24P9. The zero-order valence-corrected chi connectivity index (χ0v) is 25.7. The van der Waals surface area contributed by atoms with Crippen LogP contribution in [0.1, 0.15) is 0 Å². The van der Waals surface area contributed by atoms with Crippen LogP contribution in [0.4, 0.5) is 0 Å². The van der Waals surface area contributed by atoms with E-state index >= 15 is 0 Å². The number of hydrogen-bond donors (Lipinski definition) is 9. The van der Waals surface area contributed by atoms with Crippen LogP contribution in [-0.4, -0.2) is 68.2 Å². The van der Waals surface area contributed by atoms with Crippen molar-refractivity contribution >= 4 is 69.5 Å². The summed E-state index contributed by atoms with van der Waals surface area (Å²) in [5.41, 5.74) is 0. The molecule has 0 aromatic heterocycles. The van der Waals surface area contributed by atoms with Crippen LogP contribution in [0.15, 0.2) is 0 Å². The molecule has 34 heteroatoms. The molecule has 0 fully saturated rings. The standard InChI is InChI=1S/C3H18NO24P9/c1-29(5,6)23-35(17,18)26-32(11,12)4(33(13,14)27-36(19,20)24-30(2,7)8)34(15,16)28-37(21,22)25-31(3,9)10/h1-3H3,(H,5,6)(H,7,8)(H,9,10)(H,11,12)(H,13,14)(H,15,16)(H,17,18)(H,19,20)(H,21,22). The molecule has 0 aliphatic heterocycles. The van der Waals surface area contributed by atoms with Gasteiger partial charge in [0.05, 0.1) is 0 Å². The Kier molecular flexibility index (Phi) is 12.4. The molecule has 9 N–H and O–H groups in total. The van der Waals surface area contributed by atoms with Crippen molar-refractivity contribution in [3.05, 3.63) is 0 Å². The van der Waals surface area contributed by atoms with Crippen molar-refractivity contribution in [2.24, 2.45) is 0 Å². The number of nitrogens with zero attached hydrogens (tertiary/aromatic N) is 1. The van der Waals surface area contributed by atoms with Gasteiger partial charge in [-0.3, -0.25) is 13.7 Å². The van der Waals surface area contributed by atoms with Crippen LogP contribution in [0.25, 0.3) is 0 Å². The Morgan fingerprint density at radius 2 is 0.541 bits per heavy atom. The average molecular weight is 731 g/mol. The molecule has 0 heterocycles. The molecule has 0 saturated carbocycles. The second-order valence-electron chi connectivity index (χ2n) is 6.04. The third-order valence-corrected chi connectivity index (χ3v) is 18.6. The second-order valence-corrected chi connectivity index (χ2v) is 22.7. The largest absolute Gasteiger partial charge is 0.487 e. The molecule has 0 radical (unpaired) electrons. The fourth-order valence-corrected chi connectivity index (χ4v) is 16.5. The first-order valence-electron chi connectivity index (χ1n) is 7.58. The number of hydrogen-bond acceptors (Lipinski definition) is 15. The maximum absolute atomic E-state index is 12.5. The van der Waals surface area contributed by atoms with Gasteiger partial charge in [-0.05, 0) is 4.21 Å². The molecule has 0 aromatic rings. The predicted octanol–water partition coefficient (Wildman–Crippen LogP) is 1.44. The van der Waals surface area contributed by atoms with Crippen molar-refractivity contribution in [1.29, 1.82) is 0 Å². The molecule has 0 spiro atoms. The molecule has 0 amide bonds. The van der Waals surface area contributed by atoms with Gasteiger partial charge in [-0.15, -0.1) is 0 Å². The Bertz CT molecular complexity index is 1130. The fourth-order valence-electron chi connectivity index (χ4n) is 1.55. The summed E-state index contributed by atoms with van der Waals surface area (Å²) in [6.45, 7) is 0.524. The first-order chi connectivity index (χ1) is 15.6. The minimum atomic E-state index is -7.18. The Morgan fingerprint density at radius 3 is 0.676 bits per heavy atom. The van der Waals surface area contributed by atoms with Gasteiger partial charge >= 0.3 is 69.5 Å². The van der Waals surface area contributed by atoms with E-state index in [0.29, 0.717) is 0 Å². The molecule has 224 valence electrons. The van der Waals surface area contributed by atoms with Gasteiger partial charge in [-0.25, -0.2) is 40.3 Å². The quantitative estimate of drug-likeness (QED) is 0.108. The maximum atomic E-state index is 12.5. The number of rotatable bonds is 15. The SMILES string of the molecule is CP(=O)(O)OP(=O)(O)OP(=O)(O)N(P(=O)(O)OP(=O)(O)OP(C)(=O)O)P(=O)(O)OP(=O)(O)OP(C)(=O)O. The van der Waals surface area contributed by atoms with Crippen LogP contribution in [-0.2, 0) is 66.9 Å². The topological polar surface area (TPSA) is 394 Å². The van der Waals surface area contributed by atoms with Gasteiger partial charge in [-0.1, -0.05) is 0 Å². The van der Waals surface area contributed by atoms with Gasteiger partial charge in [0, 0.05) is 20.0 Å². The Labute approximate surface area is 205 Å². The smallest absolute Gasteiger partial charge is 0.324 e. The van der Waals surface area contributed by atoms with Gasteiger partial charge in [0.1, 0.15) is 0 Å². The normalized spacial score (nSPS) is 27.5. The molecule has 37 heavy (non-hydrogen) atoms. The molecule has 0 aromatic carbocycles. The third kappa shape index (κ3) is 15.3. The summed E-state index contributed by atoms with van der Waals surface area (Å²) >= 11 is 0. The van der Waals surface area contributed by atoms with E-state index in [1.54, 1.807) is 0 Å². The van der Waals surface area contributed by atoms with Gasteiger partial charge in [0.2, 0.25) is 0 Å². The van der Waals surface area contributed by atoms with Crippen molar-refractivity contribution in [3.63, 3.8) is 0 Å². The van der Waals surface area contributed by atoms with Gasteiger partial charge in [0.25, 0.3) is 0 Å². The summed E-state index contributed by atoms with van der Waals surface area (Å²) in [5.74, 6) is 0. The third-order valence-electron chi connectivity index (χ3n) is 2.07. The summed E-state index contributed by atoms with van der Waals surface area (Å²) in [6.07, 6.45) is 0. The lowest BCUT2D eigenvalue weighted by Crippen LogP contribution is -2.18. The van der Waals surface area contributed by atoms with Crippen molar-refractivity contribution < 1.29 is 111 Å². The van der Waals surface area contributed by atoms with E-state index in [-0.39, 0.29) is 20.0 Å². The van der Waals surface area contributed by atoms with E-state index in [1.807, 2.05) is 0 Å². The predicted molar refractivity (Wildman–Crippen MR) is 115 cm³/mol. The maximum Gasteiger partial charge on any atom is 0.487 e. The van der Waals surface area contributed by atoms with E-state index < -0.39 is 73.7 Å². The first-order valence-corrected chi connectivity index (χ1v) is 22.7. The molecule has 9 atom stereocenters. The summed E-state index contributed by atoms with van der Waals surface area (Å²) in [5, 5.41) is 0. The molecule has 0 saturated heterocycles. The molecule has 25 nitrogen and oxygen atoms in total. The lowest BCUT2D eigenvalue weighted by molar-refractivity contribution is 0.222. The zero-order chi connectivity index (χ0) is 30.3. The number of phosphoric acid groups is 3. The van der Waals surface area contributed by atoms with E-state index in [1.165, 1.54) is 0 Å². The van der Waals surface area contributed by atoms with Crippen LogP contribution < -0.4 is 0 Å². The zero-order valence-electron chi connectivity index (χ0n) is 17.6. The van der Waals surface area contributed by atoms with Gasteiger partial charge in [-0.2, -0.15) is 12.9 Å². The Hall–Kier alpha value is 1.43. The minimum absolute atomic E-state index is 0.175. The molecule has 0 aliphatic carbocycles. The summed E-state index contributed by atoms with van der Waals surface area (Å²) in [6, 6.07) is 0. The van der Waals surface area contributed by atoms with Gasteiger partial charge in [0.15, 0.2) is 0 Å². The van der Waals surface area contributed by atoms with Crippen molar-refractivity contribution in [1.82, 2.24) is 4.21 Å². The second kappa shape index (κ2) is 12.0. The molecule has 9 unspecified atom stereocenters. The van der Waals surface area contributed by atoms with Gasteiger partial charge < -0.3 is 44.0 Å². The Balaban J connectivity index is 6.92. The van der Waals surface area contributed by atoms with E-state index in [0.717, 1.165) is 0 Å². The van der Waals surface area contributed by atoms with Crippen molar-refractivity contribution in [3.8, 4) is 0 Å². The van der Waals surface area contributed by atoms with Crippen molar-refractivity contribution in [2.45, 2.75) is 0 Å². The molecular weight excluding hydrogens is 713 g/mol. The highest BCUT2D eigenvalue weighted by Crippen LogP contribution is 2.85. The minimum Gasteiger partial charge on any atom is -0.324 e. The highest BCUT2D eigenvalue weighted by molar-refractivity contribution is 7.85. The lowest BCUT2D eigenvalue weighted by Gasteiger charge is -2.32. The highest BCUT2D eigenvalue weighted by Gasteiger charge is 2.63. The monoisotopic (exact) mass is 731 g/mol. The summed E-state index contributed by atoms with van der Waals surface area (Å²) in [4.78, 5) is 84.4. The van der Waals surface area contributed by atoms with E-state index in [9.17, 15) is 70.4 Å². The summed E-state index contributed by atoms with van der Waals surface area (Å²) < 4.78 is 125. The van der Waals surface area contributed by atoms with Crippen LogP contribution >= 0.6 is 69.5 Å². The van der Waals surface area contributed by atoms with E-state index in [2.05, 4.69) is 25.9 Å². The average Bonchev–Trinajstić information content (AvgIpc) is 2.30. The molecule has 0 rings (SSSR count). The molecule has 0 bridgehead atoms. The van der Waals surface area contributed by atoms with E-state index in [4.69, 9.17) is 14.7 Å². The molecule has 0 aliphatic rings. The Morgan fingerprint density at radius 1 is 0.378 bits per heavy atom. The first kappa shape index (κ1) is 38.4. The fraction of sp³-hybridized carbons (Fsp3) is 1.00.